The third-order valence-corrected chi connectivity index (χ3v) is 5.98. The van der Waals surface area contributed by atoms with Crippen molar-refractivity contribution < 1.29 is 8.42 Å². The quantitative estimate of drug-likeness (QED) is 0.906. The van der Waals surface area contributed by atoms with Gasteiger partial charge >= 0.3 is 0 Å². The molecule has 0 aromatic carbocycles. The average molecular weight is 294 g/mol. The van der Waals surface area contributed by atoms with E-state index in [0.29, 0.717) is 22.8 Å². The number of hydrogen-bond donors (Lipinski definition) is 2. The monoisotopic (exact) mass is 294 g/mol. The van der Waals surface area contributed by atoms with E-state index in [1.165, 1.54) is 0 Å². The van der Waals surface area contributed by atoms with Gasteiger partial charge in [-0.3, -0.25) is 5.10 Å². The predicted octanol–water partition coefficient (Wildman–Crippen LogP) is 1.88. The first kappa shape index (κ1) is 13.4. The van der Waals surface area contributed by atoms with Gasteiger partial charge in [-0.15, -0.1) is 0 Å². The Hall–Kier alpha value is -1.60. The highest BCUT2D eigenvalue weighted by Gasteiger charge is 2.38. The van der Waals surface area contributed by atoms with Gasteiger partial charge in [-0.2, -0.15) is 9.40 Å². The fourth-order valence-corrected chi connectivity index (χ4v) is 4.94. The van der Waals surface area contributed by atoms with Crippen molar-refractivity contribution in [1.82, 2.24) is 19.5 Å². The molecule has 0 aliphatic carbocycles. The number of H-pyrrole nitrogens is 2. The Labute approximate surface area is 118 Å². The van der Waals surface area contributed by atoms with Crippen molar-refractivity contribution in [3.05, 3.63) is 35.4 Å². The summed E-state index contributed by atoms with van der Waals surface area (Å²) in [5, 5.41) is 6.76. The third-order valence-electron chi connectivity index (χ3n) is 3.81. The molecule has 1 aliphatic rings. The zero-order valence-electron chi connectivity index (χ0n) is 11.5. The Morgan fingerprint density at radius 3 is 2.80 bits per heavy atom. The molecular formula is C13H18N4O2S. The molecule has 6 nitrogen and oxygen atoms in total. The van der Waals surface area contributed by atoms with E-state index in [1.807, 2.05) is 18.3 Å². The summed E-state index contributed by atoms with van der Waals surface area (Å²) in [5.74, 6) is 0. The lowest BCUT2D eigenvalue weighted by molar-refractivity contribution is 0.391. The van der Waals surface area contributed by atoms with Crippen LogP contribution in [0.5, 0.6) is 0 Å². The van der Waals surface area contributed by atoms with Gasteiger partial charge in [0.2, 0.25) is 10.0 Å². The molecule has 3 rings (SSSR count). The summed E-state index contributed by atoms with van der Waals surface area (Å²) in [5.41, 5.74) is 2.07. The summed E-state index contributed by atoms with van der Waals surface area (Å²) in [7, 11) is -3.51. The van der Waals surface area contributed by atoms with Crippen molar-refractivity contribution in [2.45, 2.75) is 37.6 Å². The van der Waals surface area contributed by atoms with Crippen molar-refractivity contribution in [3.8, 4) is 0 Å². The van der Waals surface area contributed by atoms with Gasteiger partial charge in [0.15, 0.2) is 0 Å². The maximum atomic E-state index is 12.9. The number of nitrogens with one attached hydrogen (secondary N) is 2. The maximum Gasteiger partial charge on any atom is 0.247 e. The number of aromatic nitrogens is 3. The minimum atomic E-state index is -3.51. The van der Waals surface area contributed by atoms with E-state index >= 15 is 0 Å². The van der Waals surface area contributed by atoms with E-state index in [0.717, 1.165) is 18.5 Å². The molecule has 0 spiro atoms. The van der Waals surface area contributed by atoms with E-state index in [9.17, 15) is 8.42 Å². The molecule has 0 bridgehead atoms. The summed E-state index contributed by atoms with van der Waals surface area (Å²) in [6, 6.07) is 3.73. The number of nitrogens with zero attached hydrogens (tertiary/aromatic N) is 2. The predicted molar refractivity (Wildman–Crippen MR) is 74.7 cm³/mol. The molecule has 2 aromatic heterocycles. The molecule has 3 heterocycles. The van der Waals surface area contributed by atoms with Gasteiger partial charge in [0, 0.05) is 18.4 Å². The minimum Gasteiger partial charge on any atom is -0.364 e. The summed E-state index contributed by atoms with van der Waals surface area (Å²) in [4.78, 5) is 3.44. The van der Waals surface area contributed by atoms with Gasteiger partial charge in [0.1, 0.15) is 4.90 Å². The van der Waals surface area contributed by atoms with Crippen molar-refractivity contribution in [2.75, 3.05) is 6.54 Å². The molecule has 0 saturated carbocycles. The molecule has 1 atom stereocenters. The van der Waals surface area contributed by atoms with Gasteiger partial charge < -0.3 is 4.98 Å². The van der Waals surface area contributed by atoms with Crippen LogP contribution in [-0.2, 0) is 10.0 Å². The van der Waals surface area contributed by atoms with E-state index in [1.54, 1.807) is 18.2 Å². The van der Waals surface area contributed by atoms with Crippen LogP contribution in [0.25, 0.3) is 0 Å². The second kappa shape index (κ2) is 4.75. The second-order valence-corrected chi connectivity index (χ2v) is 6.99. The van der Waals surface area contributed by atoms with Crippen molar-refractivity contribution in [1.29, 1.82) is 0 Å². The molecule has 0 amide bonds. The summed E-state index contributed by atoms with van der Waals surface area (Å²) < 4.78 is 27.4. The van der Waals surface area contributed by atoms with E-state index in [2.05, 4.69) is 15.2 Å². The minimum absolute atomic E-state index is 0.108. The Morgan fingerprint density at radius 2 is 2.20 bits per heavy atom. The number of sulfonamides is 1. The first-order valence-electron chi connectivity index (χ1n) is 6.68. The van der Waals surface area contributed by atoms with Gasteiger partial charge in [0.25, 0.3) is 0 Å². The fraction of sp³-hybridized carbons (Fsp3) is 0.462. The zero-order chi connectivity index (χ0) is 14.3. The van der Waals surface area contributed by atoms with Crippen molar-refractivity contribution in [2.24, 2.45) is 0 Å². The SMILES string of the molecule is Cc1n[nH]c(C)c1S(=O)(=O)N1CCCC1c1ccc[nH]1. The zero-order valence-corrected chi connectivity index (χ0v) is 12.4. The Kier molecular flexibility index (Phi) is 3.18. The lowest BCUT2D eigenvalue weighted by Gasteiger charge is -2.23. The normalized spacial score (nSPS) is 20.6. The average Bonchev–Trinajstić information content (AvgIpc) is 3.08. The lowest BCUT2D eigenvalue weighted by Crippen LogP contribution is -2.31. The molecule has 1 unspecified atom stereocenters. The number of hydrogen-bond acceptors (Lipinski definition) is 3. The molecule has 1 aliphatic heterocycles. The van der Waals surface area contributed by atoms with Crippen LogP contribution in [0, 0.1) is 13.8 Å². The molecule has 2 aromatic rings. The van der Waals surface area contributed by atoms with Crippen LogP contribution >= 0.6 is 0 Å². The largest absolute Gasteiger partial charge is 0.364 e. The molecule has 0 radical (unpaired) electrons. The first-order chi connectivity index (χ1) is 9.51. The highest BCUT2D eigenvalue weighted by Crippen LogP contribution is 2.36. The third kappa shape index (κ3) is 1.97. The lowest BCUT2D eigenvalue weighted by atomic mass is 10.2. The number of aromatic amines is 2. The van der Waals surface area contributed by atoms with Gasteiger partial charge in [-0.1, -0.05) is 0 Å². The first-order valence-corrected chi connectivity index (χ1v) is 8.12. The Balaban J connectivity index is 2.03. The van der Waals surface area contributed by atoms with Gasteiger partial charge in [-0.25, -0.2) is 8.42 Å². The Morgan fingerprint density at radius 1 is 1.40 bits per heavy atom. The molecule has 20 heavy (non-hydrogen) atoms. The van der Waals surface area contributed by atoms with Crippen LogP contribution in [0.15, 0.2) is 23.2 Å². The number of rotatable bonds is 3. The number of aryl methyl sites for hydroxylation is 2. The Bertz CT molecular complexity index is 683. The second-order valence-electron chi connectivity index (χ2n) is 5.16. The van der Waals surface area contributed by atoms with Gasteiger partial charge in [0.05, 0.1) is 17.4 Å². The van der Waals surface area contributed by atoms with E-state index in [-0.39, 0.29) is 6.04 Å². The van der Waals surface area contributed by atoms with Crippen molar-refractivity contribution in [3.63, 3.8) is 0 Å². The smallest absolute Gasteiger partial charge is 0.247 e. The van der Waals surface area contributed by atoms with Crippen LogP contribution in [0.4, 0.5) is 0 Å². The van der Waals surface area contributed by atoms with Gasteiger partial charge in [-0.05, 0) is 38.8 Å². The van der Waals surface area contributed by atoms with Crippen molar-refractivity contribution >= 4 is 10.0 Å². The fourth-order valence-electron chi connectivity index (χ4n) is 2.93. The van der Waals surface area contributed by atoms with E-state index in [4.69, 9.17) is 0 Å². The van der Waals surface area contributed by atoms with E-state index < -0.39 is 10.0 Å². The highest BCUT2D eigenvalue weighted by atomic mass is 32.2. The van der Waals surface area contributed by atoms with Crippen LogP contribution < -0.4 is 0 Å². The summed E-state index contributed by atoms with van der Waals surface area (Å²) >= 11 is 0. The topological polar surface area (TPSA) is 81.8 Å². The van der Waals surface area contributed by atoms with Crippen LogP contribution in [0.1, 0.15) is 36.0 Å². The molecule has 108 valence electrons. The van der Waals surface area contributed by atoms with Crippen LogP contribution in [-0.4, -0.2) is 34.4 Å². The summed E-state index contributed by atoms with van der Waals surface area (Å²) in [6.45, 7) is 4.01. The highest BCUT2D eigenvalue weighted by molar-refractivity contribution is 7.89. The molecule has 1 fully saturated rings. The molecule has 7 heteroatoms. The van der Waals surface area contributed by atoms with Crippen LogP contribution in [0.3, 0.4) is 0 Å². The summed E-state index contributed by atoms with van der Waals surface area (Å²) in [6.07, 6.45) is 3.54. The molecule has 1 saturated heterocycles. The van der Waals surface area contributed by atoms with Crippen LogP contribution in [0.2, 0.25) is 0 Å². The standard InChI is InChI=1S/C13H18N4O2S/c1-9-13(10(2)16-15-9)20(18,19)17-8-4-6-12(17)11-5-3-7-14-11/h3,5,7,12,14H,4,6,8H2,1-2H3,(H,15,16). The maximum absolute atomic E-state index is 12.9. The molecular weight excluding hydrogens is 276 g/mol. The molecule has 2 N–H and O–H groups in total.